The molecule has 0 unspecified atom stereocenters. The summed E-state index contributed by atoms with van der Waals surface area (Å²) in [5.41, 5.74) is 0.487. The van der Waals surface area contributed by atoms with E-state index in [1.165, 1.54) is 17.2 Å². The molecule has 0 aliphatic carbocycles. The normalized spacial score (nSPS) is 20.5. The number of aliphatic hydroxyl groups is 1. The number of H-pyrrole nitrogens is 1. The summed E-state index contributed by atoms with van der Waals surface area (Å²) in [6.45, 7) is 0.0142. The molecule has 1 aromatic heterocycles. The molecule has 5 nitrogen and oxygen atoms in total. The topological polar surface area (TPSA) is 80.1 Å². The van der Waals surface area contributed by atoms with E-state index in [-0.39, 0.29) is 24.2 Å². The minimum absolute atomic E-state index is 0.0142. The van der Waals surface area contributed by atoms with Gasteiger partial charge < -0.3 is 15.0 Å². The second-order valence-electron chi connectivity index (χ2n) is 5.44. The number of aliphatic hydroxyl groups excluding tert-OH is 1. The quantitative estimate of drug-likeness (QED) is 0.890. The van der Waals surface area contributed by atoms with Crippen molar-refractivity contribution >= 4 is 5.91 Å². The van der Waals surface area contributed by atoms with Crippen molar-refractivity contribution < 1.29 is 18.7 Å². The van der Waals surface area contributed by atoms with Gasteiger partial charge in [0.15, 0.2) is 0 Å². The maximum absolute atomic E-state index is 14.0. The van der Waals surface area contributed by atoms with Gasteiger partial charge in [0.05, 0.1) is 17.7 Å². The molecule has 1 aliphatic rings. The van der Waals surface area contributed by atoms with Gasteiger partial charge in [0.25, 0.3) is 5.91 Å². The van der Waals surface area contributed by atoms with Crippen LogP contribution in [0.2, 0.25) is 0 Å². The Morgan fingerprint density at radius 3 is 2.87 bits per heavy atom. The maximum Gasteiger partial charge on any atom is 0.270 e. The van der Waals surface area contributed by atoms with Crippen LogP contribution < -0.4 is 0 Å². The first-order valence-electron chi connectivity index (χ1n) is 7.02. The standard InChI is InChI=1S/C16H13F2N3O2/c17-10-1-2-13(18)12(4-10)15-5-11(22)8-21(15)16(23)14-3-9(6-19)7-20-14/h1-4,7,11,15,20,22H,5,8H2/t11-,15-/m0/s1. The van der Waals surface area contributed by atoms with E-state index in [1.807, 2.05) is 6.07 Å². The Morgan fingerprint density at radius 2 is 2.17 bits per heavy atom. The van der Waals surface area contributed by atoms with E-state index in [9.17, 15) is 18.7 Å². The molecule has 2 heterocycles. The number of likely N-dealkylation sites (tertiary alicyclic amines) is 1. The first-order chi connectivity index (χ1) is 11.0. The maximum atomic E-state index is 14.0. The zero-order chi connectivity index (χ0) is 16.6. The Kier molecular flexibility index (Phi) is 3.84. The number of hydrogen-bond acceptors (Lipinski definition) is 3. The van der Waals surface area contributed by atoms with Crippen molar-refractivity contribution in [1.29, 1.82) is 5.26 Å². The van der Waals surface area contributed by atoms with Gasteiger partial charge in [-0.15, -0.1) is 0 Å². The molecule has 7 heteroatoms. The van der Waals surface area contributed by atoms with E-state index in [0.717, 1.165) is 18.2 Å². The molecular weight excluding hydrogens is 304 g/mol. The largest absolute Gasteiger partial charge is 0.391 e. The smallest absolute Gasteiger partial charge is 0.270 e. The van der Waals surface area contributed by atoms with E-state index in [1.54, 1.807) is 0 Å². The summed E-state index contributed by atoms with van der Waals surface area (Å²) in [4.78, 5) is 16.5. The number of nitrogens with one attached hydrogen (secondary N) is 1. The summed E-state index contributed by atoms with van der Waals surface area (Å²) in [5.74, 6) is -1.72. The van der Waals surface area contributed by atoms with Crippen molar-refractivity contribution in [1.82, 2.24) is 9.88 Å². The molecule has 1 saturated heterocycles. The number of rotatable bonds is 2. The number of amides is 1. The number of hydrogen-bond donors (Lipinski definition) is 2. The number of carbonyl (C=O) groups is 1. The van der Waals surface area contributed by atoms with Crippen LogP contribution in [0, 0.1) is 23.0 Å². The van der Waals surface area contributed by atoms with E-state index in [4.69, 9.17) is 5.26 Å². The van der Waals surface area contributed by atoms with Crippen LogP contribution in [-0.2, 0) is 0 Å². The summed E-state index contributed by atoms with van der Waals surface area (Å²) in [7, 11) is 0. The Labute approximate surface area is 130 Å². The minimum Gasteiger partial charge on any atom is -0.391 e. The highest BCUT2D eigenvalue weighted by Crippen LogP contribution is 2.35. The highest BCUT2D eigenvalue weighted by atomic mass is 19.1. The first kappa shape index (κ1) is 15.2. The lowest BCUT2D eigenvalue weighted by molar-refractivity contribution is 0.0708. The van der Waals surface area contributed by atoms with Gasteiger partial charge >= 0.3 is 0 Å². The van der Waals surface area contributed by atoms with Crippen LogP contribution >= 0.6 is 0 Å². The van der Waals surface area contributed by atoms with Crippen molar-refractivity contribution in [3.05, 3.63) is 58.9 Å². The van der Waals surface area contributed by atoms with Crippen LogP contribution in [0.1, 0.15) is 34.1 Å². The van der Waals surface area contributed by atoms with Crippen LogP contribution in [0.3, 0.4) is 0 Å². The average molecular weight is 317 g/mol. The molecule has 0 radical (unpaired) electrons. The van der Waals surface area contributed by atoms with Crippen molar-refractivity contribution in [3.63, 3.8) is 0 Å². The fraction of sp³-hybridized carbons (Fsp3) is 0.250. The van der Waals surface area contributed by atoms with Crippen LogP contribution in [0.4, 0.5) is 8.78 Å². The van der Waals surface area contributed by atoms with E-state index >= 15 is 0 Å². The van der Waals surface area contributed by atoms with Gasteiger partial charge in [-0.2, -0.15) is 5.26 Å². The number of aromatic amines is 1. The summed E-state index contributed by atoms with van der Waals surface area (Å²) >= 11 is 0. The monoisotopic (exact) mass is 317 g/mol. The molecular formula is C16H13F2N3O2. The molecule has 2 atom stereocenters. The van der Waals surface area contributed by atoms with Crippen LogP contribution in [0.15, 0.2) is 30.5 Å². The van der Waals surface area contributed by atoms with Crippen molar-refractivity contribution in [2.75, 3.05) is 6.54 Å². The van der Waals surface area contributed by atoms with Crippen LogP contribution in [0.25, 0.3) is 0 Å². The van der Waals surface area contributed by atoms with Gasteiger partial charge in [-0.05, 0) is 30.7 Å². The Hall–Kier alpha value is -2.72. The molecule has 2 N–H and O–H groups in total. The molecule has 0 saturated carbocycles. The van der Waals surface area contributed by atoms with Crippen molar-refractivity contribution in [2.24, 2.45) is 0 Å². The van der Waals surface area contributed by atoms with Gasteiger partial charge in [-0.3, -0.25) is 4.79 Å². The second kappa shape index (κ2) is 5.82. The van der Waals surface area contributed by atoms with Gasteiger partial charge in [0, 0.05) is 18.3 Å². The number of β-amino-alcohol motifs (C(OH)–C–C–N with tert-alkyl or cyclic N) is 1. The van der Waals surface area contributed by atoms with E-state index in [2.05, 4.69) is 4.98 Å². The Balaban J connectivity index is 1.95. The van der Waals surface area contributed by atoms with E-state index in [0.29, 0.717) is 5.56 Å². The molecule has 1 amide bonds. The molecule has 0 bridgehead atoms. The fourth-order valence-corrected chi connectivity index (χ4v) is 2.84. The number of carbonyl (C=O) groups excluding carboxylic acids is 1. The van der Waals surface area contributed by atoms with Crippen LogP contribution in [-0.4, -0.2) is 33.5 Å². The molecule has 2 aromatic rings. The molecule has 118 valence electrons. The number of nitrogens with zero attached hydrogens (tertiary/aromatic N) is 2. The third-order valence-electron chi connectivity index (χ3n) is 3.90. The SMILES string of the molecule is N#Cc1c[nH]c(C(=O)N2C[C@@H](O)C[C@H]2c2cc(F)ccc2F)c1. The second-order valence-corrected chi connectivity index (χ2v) is 5.44. The molecule has 1 aromatic carbocycles. The third kappa shape index (κ3) is 2.81. The highest BCUT2D eigenvalue weighted by molar-refractivity contribution is 5.93. The number of nitriles is 1. The Bertz CT molecular complexity index is 797. The number of benzene rings is 1. The van der Waals surface area contributed by atoms with Crippen molar-refractivity contribution in [3.8, 4) is 6.07 Å². The predicted octanol–water partition coefficient (Wildman–Crippen LogP) is 2.11. The molecule has 0 spiro atoms. The molecule has 1 aliphatic heterocycles. The van der Waals surface area contributed by atoms with Gasteiger partial charge in [-0.1, -0.05) is 0 Å². The Morgan fingerprint density at radius 1 is 1.39 bits per heavy atom. The van der Waals surface area contributed by atoms with Gasteiger partial charge in [-0.25, -0.2) is 8.78 Å². The lowest BCUT2D eigenvalue weighted by atomic mass is 10.0. The lowest BCUT2D eigenvalue weighted by Gasteiger charge is -2.24. The highest BCUT2D eigenvalue weighted by Gasteiger charge is 2.37. The van der Waals surface area contributed by atoms with Gasteiger partial charge in [0.1, 0.15) is 23.4 Å². The number of aromatic nitrogens is 1. The molecule has 3 rings (SSSR count). The lowest BCUT2D eigenvalue weighted by Crippen LogP contribution is -2.32. The minimum atomic E-state index is -0.822. The summed E-state index contributed by atoms with van der Waals surface area (Å²) in [5, 5.41) is 18.7. The summed E-state index contributed by atoms with van der Waals surface area (Å²) in [6.07, 6.45) is 0.687. The zero-order valence-corrected chi connectivity index (χ0v) is 12.0. The number of halogens is 2. The molecule has 1 fully saturated rings. The summed E-state index contributed by atoms with van der Waals surface area (Å²) in [6, 6.07) is 5.56. The van der Waals surface area contributed by atoms with E-state index < -0.39 is 29.7 Å². The third-order valence-corrected chi connectivity index (χ3v) is 3.90. The van der Waals surface area contributed by atoms with Crippen molar-refractivity contribution in [2.45, 2.75) is 18.6 Å². The zero-order valence-electron chi connectivity index (χ0n) is 12.0. The predicted molar refractivity (Wildman–Crippen MR) is 76.3 cm³/mol. The first-order valence-corrected chi connectivity index (χ1v) is 7.02. The van der Waals surface area contributed by atoms with Crippen LogP contribution in [0.5, 0.6) is 0 Å². The summed E-state index contributed by atoms with van der Waals surface area (Å²) < 4.78 is 27.4. The fourth-order valence-electron chi connectivity index (χ4n) is 2.84. The molecule has 23 heavy (non-hydrogen) atoms. The average Bonchev–Trinajstić information content (AvgIpc) is 3.15. The van der Waals surface area contributed by atoms with Gasteiger partial charge in [0.2, 0.25) is 0 Å².